The molecule has 1 aliphatic carbocycles. The molecule has 0 radical (unpaired) electrons. The third kappa shape index (κ3) is 3.60. The molecule has 2 N–H and O–H groups in total. The Hall–Kier alpha value is -1.91. The van der Waals surface area contributed by atoms with E-state index >= 15 is 0 Å². The maximum Gasteiger partial charge on any atom is 0.407 e. The van der Waals surface area contributed by atoms with Crippen molar-refractivity contribution < 1.29 is 9.53 Å². The van der Waals surface area contributed by atoms with Crippen LogP contribution in [0.1, 0.15) is 24.1 Å². The van der Waals surface area contributed by atoms with Crippen LogP contribution in [0.2, 0.25) is 10.0 Å². The second-order valence-electron chi connectivity index (χ2n) is 5.63. The standard InChI is InChI=1S/C18H18Cl2N2O2/c1-2-24-18(23)22-16-9-11-5-3-4-6-13(11)17(16)21-12-7-8-14(19)15(20)10-12/h3-8,10,16-17,21H,2,9H2,1H3,(H,22,23)/t16-,17-/m1/s1. The normalized spacial score (nSPS) is 18.8. The van der Waals surface area contributed by atoms with Crippen LogP contribution in [0.25, 0.3) is 0 Å². The van der Waals surface area contributed by atoms with Crippen LogP contribution in [-0.2, 0) is 11.2 Å². The van der Waals surface area contributed by atoms with E-state index in [1.165, 1.54) is 5.56 Å². The van der Waals surface area contributed by atoms with Gasteiger partial charge in [0.2, 0.25) is 0 Å². The molecular formula is C18H18Cl2N2O2. The van der Waals surface area contributed by atoms with Gasteiger partial charge in [-0.05, 0) is 42.7 Å². The molecule has 2 aromatic rings. The van der Waals surface area contributed by atoms with Gasteiger partial charge < -0.3 is 15.4 Å². The van der Waals surface area contributed by atoms with Gasteiger partial charge in [-0.1, -0.05) is 47.5 Å². The number of rotatable bonds is 4. The first-order chi connectivity index (χ1) is 11.6. The first-order valence-corrected chi connectivity index (χ1v) is 8.56. The topological polar surface area (TPSA) is 50.4 Å². The molecule has 1 amide bonds. The van der Waals surface area contributed by atoms with Crippen LogP contribution in [0.3, 0.4) is 0 Å². The Kier molecular flexibility index (Phi) is 5.17. The molecule has 0 unspecified atom stereocenters. The number of carbonyl (C=O) groups excluding carboxylic acids is 1. The largest absolute Gasteiger partial charge is 0.450 e. The van der Waals surface area contributed by atoms with Crippen molar-refractivity contribution in [3.8, 4) is 0 Å². The molecule has 0 saturated carbocycles. The number of hydrogen-bond donors (Lipinski definition) is 2. The smallest absolute Gasteiger partial charge is 0.407 e. The van der Waals surface area contributed by atoms with E-state index in [1.807, 2.05) is 18.2 Å². The number of alkyl carbamates (subject to hydrolysis) is 1. The van der Waals surface area contributed by atoms with Crippen LogP contribution >= 0.6 is 23.2 Å². The summed E-state index contributed by atoms with van der Waals surface area (Å²) < 4.78 is 5.02. The maximum absolute atomic E-state index is 11.8. The van der Waals surface area contributed by atoms with Gasteiger partial charge in [0.1, 0.15) is 0 Å². The van der Waals surface area contributed by atoms with E-state index in [1.54, 1.807) is 19.1 Å². The molecule has 0 aromatic heterocycles. The van der Waals surface area contributed by atoms with Crippen molar-refractivity contribution in [3.05, 3.63) is 63.6 Å². The van der Waals surface area contributed by atoms with Gasteiger partial charge in [0.05, 0.1) is 28.7 Å². The molecule has 0 fully saturated rings. The number of carbonyl (C=O) groups is 1. The minimum absolute atomic E-state index is 0.0668. The van der Waals surface area contributed by atoms with Crippen molar-refractivity contribution >= 4 is 35.0 Å². The molecule has 2 atom stereocenters. The highest BCUT2D eigenvalue weighted by Crippen LogP contribution is 2.35. The molecule has 0 bridgehead atoms. The van der Waals surface area contributed by atoms with Crippen LogP contribution in [-0.4, -0.2) is 18.7 Å². The highest BCUT2D eigenvalue weighted by atomic mass is 35.5. The Bertz CT molecular complexity index is 752. The number of halogens is 2. The Labute approximate surface area is 151 Å². The summed E-state index contributed by atoms with van der Waals surface area (Å²) in [6, 6.07) is 13.4. The molecule has 1 aliphatic rings. The summed E-state index contributed by atoms with van der Waals surface area (Å²) in [6.07, 6.45) is 0.338. The quantitative estimate of drug-likeness (QED) is 0.817. The average Bonchev–Trinajstić information content (AvgIpc) is 2.89. The summed E-state index contributed by atoms with van der Waals surface area (Å²) >= 11 is 12.1. The molecular weight excluding hydrogens is 347 g/mol. The molecule has 2 aromatic carbocycles. The van der Waals surface area contributed by atoms with E-state index < -0.39 is 6.09 Å². The van der Waals surface area contributed by atoms with Gasteiger partial charge in [-0.2, -0.15) is 0 Å². The molecule has 4 nitrogen and oxygen atoms in total. The monoisotopic (exact) mass is 364 g/mol. The van der Waals surface area contributed by atoms with Crippen molar-refractivity contribution in [2.24, 2.45) is 0 Å². The first kappa shape index (κ1) is 16.9. The highest BCUT2D eigenvalue weighted by Gasteiger charge is 2.33. The Balaban J connectivity index is 1.84. The van der Waals surface area contributed by atoms with Crippen molar-refractivity contribution in [2.45, 2.75) is 25.4 Å². The van der Waals surface area contributed by atoms with Crippen LogP contribution in [0.5, 0.6) is 0 Å². The van der Waals surface area contributed by atoms with Crippen molar-refractivity contribution in [2.75, 3.05) is 11.9 Å². The van der Waals surface area contributed by atoms with E-state index in [0.29, 0.717) is 16.7 Å². The van der Waals surface area contributed by atoms with Crippen LogP contribution in [0.4, 0.5) is 10.5 Å². The number of fused-ring (bicyclic) bond motifs is 1. The zero-order valence-electron chi connectivity index (χ0n) is 13.2. The Morgan fingerprint density at radius 2 is 2.00 bits per heavy atom. The predicted octanol–water partition coefficient (Wildman–Crippen LogP) is 4.82. The van der Waals surface area contributed by atoms with E-state index in [4.69, 9.17) is 27.9 Å². The van der Waals surface area contributed by atoms with E-state index in [-0.39, 0.29) is 12.1 Å². The van der Waals surface area contributed by atoms with E-state index in [2.05, 4.69) is 22.8 Å². The number of nitrogens with one attached hydrogen (secondary N) is 2. The van der Waals surface area contributed by atoms with E-state index in [9.17, 15) is 4.79 Å². The van der Waals surface area contributed by atoms with Gasteiger partial charge in [-0.25, -0.2) is 4.79 Å². The lowest BCUT2D eigenvalue weighted by Crippen LogP contribution is -2.40. The van der Waals surface area contributed by atoms with Crippen LogP contribution in [0, 0.1) is 0 Å². The van der Waals surface area contributed by atoms with E-state index in [0.717, 1.165) is 17.7 Å². The number of ether oxygens (including phenoxy) is 1. The predicted molar refractivity (Wildman–Crippen MR) is 96.9 cm³/mol. The number of amides is 1. The van der Waals surface area contributed by atoms with Gasteiger partial charge in [0, 0.05) is 5.69 Å². The third-order valence-corrected chi connectivity index (χ3v) is 4.79. The molecule has 0 spiro atoms. The third-order valence-electron chi connectivity index (χ3n) is 4.05. The van der Waals surface area contributed by atoms with Crippen molar-refractivity contribution in [3.63, 3.8) is 0 Å². The summed E-state index contributed by atoms with van der Waals surface area (Å²) in [7, 11) is 0. The molecule has 3 rings (SSSR count). The molecule has 24 heavy (non-hydrogen) atoms. The zero-order valence-corrected chi connectivity index (χ0v) is 14.7. The van der Waals surface area contributed by atoms with Gasteiger partial charge in [0.15, 0.2) is 0 Å². The minimum atomic E-state index is -0.406. The SMILES string of the molecule is CCOC(=O)N[C@@H]1Cc2ccccc2[C@H]1Nc1ccc(Cl)c(Cl)c1. The summed E-state index contributed by atoms with van der Waals surface area (Å²) in [4.78, 5) is 11.8. The Morgan fingerprint density at radius 1 is 1.21 bits per heavy atom. The number of hydrogen-bond acceptors (Lipinski definition) is 3. The lowest BCUT2D eigenvalue weighted by molar-refractivity contribution is 0.147. The van der Waals surface area contributed by atoms with Gasteiger partial charge in [-0.15, -0.1) is 0 Å². The molecule has 126 valence electrons. The highest BCUT2D eigenvalue weighted by molar-refractivity contribution is 6.42. The first-order valence-electron chi connectivity index (χ1n) is 7.81. The second-order valence-corrected chi connectivity index (χ2v) is 6.44. The number of anilines is 1. The van der Waals surface area contributed by atoms with Crippen LogP contribution < -0.4 is 10.6 Å². The van der Waals surface area contributed by atoms with Crippen molar-refractivity contribution in [1.82, 2.24) is 5.32 Å². The number of benzene rings is 2. The lowest BCUT2D eigenvalue weighted by atomic mass is 10.1. The average molecular weight is 365 g/mol. The maximum atomic E-state index is 11.8. The fourth-order valence-electron chi connectivity index (χ4n) is 3.00. The van der Waals surface area contributed by atoms with Gasteiger partial charge in [-0.3, -0.25) is 0 Å². The second kappa shape index (κ2) is 7.32. The van der Waals surface area contributed by atoms with Gasteiger partial charge in [0.25, 0.3) is 0 Å². The Morgan fingerprint density at radius 3 is 2.75 bits per heavy atom. The summed E-state index contributed by atoms with van der Waals surface area (Å²) in [5.74, 6) is 0. The molecule has 0 aliphatic heterocycles. The summed E-state index contributed by atoms with van der Waals surface area (Å²) in [5.41, 5.74) is 3.21. The molecule has 0 heterocycles. The lowest BCUT2D eigenvalue weighted by Gasteiger charge is -2.24. The summed E-state index contributed by atoms with van der Waals surface area (Å²) in [6.45, 7) is 2.13. The van der Waals surface area contributed by atoms with Crippen molar-refractivity contribution in [1.29, 1.82) is 0 Å². The van der Waals surface area contributed by atoms with Crippen LogP contribution in [0.15, 0.2) is 42.5 Å². The summed E-state index contributed by atoms with van der Waals surface area (Å²) in [5, 5.41) is 7.39. The fraction of sp³-hybridized carbons (Fsp3) is 0.278. The molecule has 0 saturated heterocycles. The molecule has 6 heteroatoms. The minimum Gasteiger partial charge on any atom is -0.450 e. The zero-order chi connectivity index (χ0) is 17.1. The van der Waals surface area contributed by atoms with Gasteiger partial charge >= 0.3 is 6.09 Å². The fourth-order valence-corrected chi connectivity index (χ4v) is 3.30.